The molecule has 0 bridgehead atoms. The first kappa shape index (κ1) is 16.5. The summed E-state index contributed by atoms with van der Waals surface area (Å²) < 4.78 is 6.94. The van der Waals surface area contributed by atoms with E-state index in [1.807, 2.05) is 54.1 Å². The number of hydrogen-bond acceptors (Lipinski definition) is 4. The van der Waals surface area contributed by atoms with Crippen molar-refractivity contribution in [3.8, 4) is 5.69 Å². The number of ether oxygens (including phenoxy) is 1. The quantitative estimate of drug-likeness (QED) is 0.781. The van der Waals surface area contributed by atoms with Crippen LogP contribution < -0.4 is 0 Å². The summed E-state index contributed by atoms with van der Waals surface area (Å²) in [6, 6.07) is 12.0. The van der Waals surface area contributed by atoms with Gasteiger partial charge in [0.15, 0.2) is 0 Å². The standard InChI is InChI=1S/C18H18N2O3S/c1-13-5-7-14(8-6-13)19-9-3-4-15(19)12-16-17(21)20(10-11-23-2)18(22)24-16/h3-9,12H,10-11H2,1-2H3/b16-12+. The van der Waals surface area contributed by atoms with Crippen LogP contribution in [0.2, 0.25) is 0 Å². The van der Waals surface area contributed by atoms with Gasteiger partial charge in [0.25, 0.3) is 11.1 Å². The highest BCUT2D eigenvalue weighted by molar-refractivity contribution is 8.18. The van der Waals surface area contributed by atoms with Gasteiger partial charge in [0.05, 0.1) is 18.1 Å². The minimum Gasteiger partial charge on any atom is -0.383 e. The minimum absolute atomic E-state index is 0.253. The fourth-order valence-corrected chi connectivity index (χ4v) is 3.31. The molecule has 5 nitrogen and oxygen atoms in total. The maximum Gasteiger partial charge on any atom is 0.293 e. The maximum atomic E-state index is 12.4. The summed E-state index contributed by atoms with van der Waals surface area (Å²) in [5.41, 5.74) is 3.05. The van der Waals surface area contributed by atoms with Gasteiger partial charge >= 0.3 is 0 Å². The summed E-state index contributed by atoms with van der Waals surface area (Å²) in [6.07, 6.45) is 3.70. The molecule has 0 spiro atoms. The van der Waals surface area contributed by atoms with Crippen LogP contribution in [0.1, 0.15) is 11.3 Å². The van der Waals surface area contributed by atoms with Crippen LogP contribution in [-0.4, -0.2) is 40.9 Å². The van der Waals surface area contributed by atoms with Gasteiger partial charge in [-0.3, -0.25) is 14.5 Å². The number of methoxy groups -OCH3 is 1. The number of rotatable bonds is 5. The largest absolute Gasteiger partial charge is 0.383 e. The van der Waals surface area contributed by atoms with Crippen molar-refractivity contribution in [1.29, 1.82) is 0 Å². The van der Waals surface area contributed by atoms with Gasteiger partial charge in [-0.05, 0) is 49.0 Å². The first-order valence-corrected chi connectivity index (χ1v) is 8.40. The predicted octanol–water partition coefficient (Wildman–Crippen LogP) is 3.47. The van der Waals surface area contributed by atoms with Gasteiger partial charge < -0.3 is 9.30 Å². The monoisotopic (exact) mass is 342 g/mol. The Morgan fingerprint density at radius 1 is 1.17 bits per heavy atom. The number of hydrogen-bond donors (Lipinski definition) is 0. The fourth-order valence-electron chi connectivity index (χ4n) is 2.46. The van der Waals surface area contributed by atoms with E-state index < -0.39 is 0 Å². The SMILES string of the molecule is COCCN1C(=O)S/C(=C/c2cccn2-c2ccc(C)cc2)C1=O. The number of nitrogens with zero attached hydrogens (tertiary/aromatic N) is 2. The second-order valence-corrected chi connectivity index (χ2v) is 6.46. The number of carbonyl (C=O) groups excluding carboxylic acids is 2. The smallest absolute Gasteiger partial charge is 0.293 e. The molecule has 1 aromatic carbocycles. The molecule has 2 heterocycles. The van der Waals surface area contributed by atoms with Gasteiger partial charge in [-0.2, -0.15) is 0 Å². The van der Waals surface area contributed by atoms with Crippen molar-refractivity contribution in [2.75, 3.05) is 20.3 Å². The third-order valence-corrected chi connectivity index (χ3v) is 4.67. The molecule has 1 aliphatic heterocycles. The van der Waals surface area contributed by atoms with Crippen LogP contribution >= 0.6 is 11.8 Å². The zero-order valence-corrected chi connectivity index (χ0v) is 14.4. The first-order valence-electron chi connectivity index (χ1n) is 7.59. The molecule has 0 N–H and O–H groups in total. The predicted molar refractivity (Wildman–Crippen MR) is 95.1 cm³/mol. The maximum absolute atomic E-state index is 12.4. The van der Waals surface area contributed by atoms with Crippen molar-refractivity contribution in [3.05, 3.63) is 58.8 Å². The highest BCUT2D eigenvalue weighted by Crippen LogP contribution is 2.32. The molecule has 0 unspecified atom stereocenters. The van der Waals surface area contributed by atoms with Crippen LogP contribution in [0.5, 0.6) is 0 Å². The van der Waals surface area contributed by atoms with Crippen molar-refractivity contribution in [2.24, 2.45) is 0 Å². The van der Waals surface area contributed by atoms with Crippen LogP contribution in [0, 0.1) is 6.92 Å². The molecular formula is C18H18N2O3S. The lowest BCUT2D eigenvalue weighted by Gasteiger charge is -2.11. The lowest BCUT2D eigenvalue weighted by molar-refractivity contribution is -0.123. The van der Waals surface area contributed by atoms with Crippen molar-refractivity contribution in [3.63, 3.8) is 0 Å². The second kappa shape index (κ2) is 7.07. The Balaban J connectivity index is 1.88. The molecule has 1 aliphatic rings. The number of thioether (sulfide) groups is 1. The number of aryl methyl sites for hydroxylation is 1. The van der Waals surface area contributed by atoms with Crippen LogP contribution in [0.3, 0.4) is 0 Å². The van der Waals surface area contributed by atoms with Gasteiger partial charge in [-0.25, -0.2) is 0 Å². The highest BCUT2D eigenvalue weighted by atomic mass is 32.2. The first-order chi connectivity index (χ1) is 11.6. The average Bonchev–Trinajstić information content (AvgIpc) is 3.13. The van der Waals surface area contributed by atoms with Gasteiger partial charge in [-0.1, -0.05) is 17.7 Å². The summed E-state index contributed by atoms with van der Waals surface area (Å²) in [7, 11) is 1.55. The molecule has 1 saturated heterocycles. The summed E-state index contributed by atoms with van der Waals surface area (Å²) in [6.45, 7) is 2.65. The van der Waals surface area contributed by atoms with Crippen molar-refractivity contribution in [2.45, 2.75) is 6.92 Å². The highest BCUT2D eigenvalue weighted by Gasteiger charge is 2.34. The van der Waals surface area contributed by atoms with Crippen LogP contribution in [-0.2, 0) is 9.53 Å². The van der Waals surface area contributed by atoms with Crippen LogP contribution in [0.15, 0.2) is 47.5 Å². The van der Waals surface area contributed by atoms with Crippen molar-refractivity contribution in [1.82, 2.24) is 9.47 Å². The molecule has 2 aromatic rings. The summed E-state index contributed by atoms with van der Waals surface area (Å²) in [5.74, 6) is -0.265. The molecule has 0 aliphatic carbocycles. The van der Waals surface area contributed by atoms with E-state index in [9.17, 15) is 9.59 Å². The molecule has 0 saturated carbocycles. The number of aromatic nitrogens is 1. The third kappa shape index (κ3) is 3.29. The molecule has 6 heteroatoms. The van der Waals surface area contributed by atoms with Gasteiger partial charge in [-0.15, -0.1) is 0 Å². The van der Waals surface area contributed by atoms with E-state index in [4.69, 9.17) is 4.74 Å². The van der Waals surface area contributed by atoms with E-state index in [0.29, 0.717) is 11.5 Å². The van der Waals surface area contributed by atoms with Crippen molar-refractivity contribution < 1.29 is 14.3 Å². The second-order valence-electron chi connectivity index (χ2n) is 5.46. The normalized spacial score (nSPS) is 16.4. The lowest BCUT2D eigenvalue weighted by Crippen LogP contribution is -2.31. The lowest BCUT2D eigenvalue weighted by atomic mass is 10.2. The molecule has 0 radical (unpaired) electrons. The molecule has 2 amide bonds. The Morgan fingerprint density at radius 3 is 2.62 bits per heavy atom. The van der Waals surface area contributed by atoms with Crippen LogP contribution in [0.4, 0.5) is 4.79 Å². The Hall–Kier alpha value is -2.31. The average molecular weight is 342 g/mol. The van der Waals surface area contributed by atoms with Gasteiger partial charge in [0.2, 0.25) is 0 Å². The van der Waals surface area contributed by atoms with E-state index in [2.05, 4.69) is 0 Å². The zero-order valence-electron chi connectivity index (χ0n) is 13.6. The molecule has 24 heavy (non-hydrogen) atoms. The van der Waals surface area contributed by atoms with E-state index in [0.717, 1.165) is 23.1 Å². The van der Waals surface area contributed by atoms with Gasteiger partial charge in [0.1, 0.15) is 0 Å². The van der Waals surface area contributed by atoms with E-state index >= 15 is 0 Å². The minimum atomic E-state index is -0.265. The Kier molecular flexibility index (Phi) is 4.87. The number of carbonyl (C=O) groups is 2. The van der Waals surface area contributed by atoms with Gasteiger partial charge in [0, 0.05) is 24.7 Å². The number of amides is 2. The topological polar surface area (TPSA) is 51.5 Å². The Morgan fingerprint density at radius 2 is 1.92 bits per heavy atom. The fraction of sp³-hybridized carbons (Fsp3) is 0.222. The molecule has 3 rings (SSSR count). The molecular weight excluding hydrogens is 324 g/mol. The molecule has 1 aromatic heterocycles. The molecule has 1 fully saturated rings. The number of imide groups is 1. The third-order valence-electron chi connectivity index (χ3n) is 3.76. The van der Waals surface area contributed by atoms with Crippen molar-refractivity contribution >= 4 is 29.0 Å². The van der Waals surface area contributed by atoms with E-state index in [-0.39, 0.29) is 17.7 Å². The van der Waals surface area contributed by atoms with E-state index in [1.54, 1.807) is 13.2 Å². The Bertz CT molecular complexity index is 793. The summed E-state index contributed by atoms with van der Waals surface area (Å²) >= 11 is 0.966. The Labute approximate surface area is 144 Å². The number of benzene rings is 1. The zero-order chi connectivity index (χ0) is 17.1. The van der Waals surface area contributed by atoms with Crippen LogP contribution in [0.25, 0.3) is 11.8 Å². The summed E-state index contributed by atoms with van der Waals surface area (Å²) in [4.78, 5) is 26.0. The molecule has 0 atom stereocenters. The molecule has 124 valence electrons. The summed E-state index contributed by atoms with van der Waals surface area (Å²) in [5, 5.41) is -0.253. The van der Waals surface area contributed by atoms with E-state index in [1.165, 1.54) is 10.5 Å².